The van der Waals surface area contributed by atoms with Gasteiger partial charge in [0.1, 0.15) is 0 Å². The Morgan fingerprint density at radius 1 is 1.16 bits per heavy atom. The summed E-state index contributed by atoms with van der Waals surface area (Å²) in [4.78, 5) is 0. The molecular formula is C17H29NO. The Kier molecular flexibility index (Phi) is 7.76. The van der Waals surface area contributed by atoms with Crippen molar-refractivity contribution in [1.29, 1.82) is 0 Å². The lowest BCUT2D eigenvalue weighted by Crippen LogP contribution is -2.31. The van der Waals surface area contributed by atoms with Crippen molar-refractivity contribution in [3.05, 3.63) is 34.9 Å². The lowest BCUT2D eigenvalue weighted by atomic mass is 9.98. The highest BCUT2D eigenvalue weighted by Crippen LogP contribution is 2.13. The van der Waals surface area contributed by atoms with E-state index in [1.807, 2.05) is 0 Å². The Bertz CT molecular complexity index is 362. The largest absolute Gasteiger partial charge is 0.382 e. The van der Waals surface area contributed by atoms with Gasteiger partial charge in [-0.25, -0.2) is 0 Å². The molecule has 0 heterocycles. The van der Waals surface area contributed by atoms with Crippen molar-refractivity contribution >= 4 is 0 Å². The first-order chi connectivity index (χ1) is 9.17. The first kappa shape index (κ1) is 16.2. The minimum atomic E-state index is 0.563. The molecule has 0 spiro atoms. The summed E-state index contributed by atoms with van der Waals surface area (Å²) in [6.07, 6.45) is 3.43. The summed E-state index contributed by atoms with van der Waals surface area (Å²) >= 11 is 0. The average molecular weight is 263 g/mol. The molecule has 0 bridgehead atoms. The van der Waals surface area contributed by atoms with Crippen LogP contribution >= 0.6 is 0 Å². The van der Waals surface area contributed by atoms with Crippen LogP contribution in [0.15, 0.2) is 18.2 Å². The fraction of sp³-hybridized carbons (Fsp3) is 0.647. The molecular weight excluding hydrogens is 234 g/mol. The second kappa shape index (κ2) is 9.11. The van der Waals surface area contributed by atoms with Crippen LogP contribution in [0.25, 0.3) is 0 Å². The van der Waals surface area contributed by atoms with Crippen molar-refractivity contribution in [2.45, 2.75) is 53.0 Å². The summed E-state index contributed by atoms with van der Waals surface area (Å²) in [7, 11) is 0. The van der Waals surface area contributed by atoms with Gasteiger partial charge in [-0.2, -0.15) is 0 Å². The summed E-state index contributed by atoms with van der Waals surface area (Å²) in [5.74, 6) is 0. The Morgan fingerprint density at radius 2 is 1.95 bits per heavy atom. The predicted molar refractivity (Wildman–Crippen MR) is 82.8 cm³/mol. The minimum Gasteiger partial charge on any atom is -0.382 e. The topological polar surface area (TPSA) is 21.3 Å². The van der Waals surface area contributed by atoms with E-state index in [4.69, 9.17) is 4.74 Å². The Labute approximate surface area is 118 Å². The van der Waals surface area contributed by atoms with Crippen LogP contribution in [0, 0.1) is 13.8 Å². The number of likely N-dealkylation sites (N-methyl/N-ethyl adjacent to an activating group) is 1. The molecule has 1 rings (SSSR count). The third-order valence-corrected chi connectivity index (χ3v) is 3.59. The van der Waals surface area contributed by atoms with Gasteiger partial charge in [0, 0.05) is 19.3 Å². The Balaban J connectivity index is 2.49. The molecule has 1 unspecified atom stereocenters. The first-order valence-corrected chi connectivity index (χ1v) is 7.54. The predicted octanol–water partition coefficient (Wildman–Crippen LogP) is 3.64. The molecule has 1 aromatic carbocycles. The lowest BCUT2D eigenvalue weighted by Gasteiger charge is -2.18. The molecule has 2 nitrogen and oxygen atoms in total. The van der Waals surface area contributed by atoms with Crippen molar-refractivity contribution in [3.63, 3.8) is 0 Å². The zero-order chi connectivity index (χ0) is 14.1. The van der Waals surface area contributed by atoms with Gasteiger partial charge in [0.2, 0.25) is 0 Å². The minimum absolute atomic E-state index is 0.563. The van der Waals surface area contributed by atoms with Crippen LogP contribution in [0.1, 0.15) is 43.4 Å². The van der Waals surface area contributed by atoms with Crippen molar-refractivity contribution in [2.24, 2.45) is 0 Å². The van der Waals surface area contributed by atoms with Crippen LogP contribution in [-0.2, 0) is 11.2 Å². The normalized spacial score (nSPS) is 12.6. The summed E-state index contributed by atoms with van der Waals surface area (Å²) in [6, 6.07) is 7.37. The number of aryl methyl sites for hydroxylation is 2. The van der Waals surface area contributed by atoms with Crippen LogP contribution < -0.4 is 5.32 Å². The average Bonchev–Trinajstić information content (AvgIpc) is 2.39. The highest BCUT2D eigenvalue weighted by Gasteiger charge is 2.08. The van der Waals surface area contributed by atoms with Crippen LogP contribution in [0.3, 0.4) is 0 Å². The number of hydrogen-bond donors (Lipinski definition) is 1. The molecule has 0 saturated carbocycles. The van der Waals surface area contributed by atoms with Gasteiger partial charge in [-0.3, -0.25) is 0 Å². The number of nitrogens with one attached hydrogen (secondary N) is 1. The standard InChI is InChI=1S/C17H29NO/c1-5-18-17(8-7-11-19-6-2)13-16-10-9-14(3)15(4)12-16/h9-10,12,17-18H,5-8,11,13H2,1-4H3. The van der Waals surface area contributed by atoms with Gasteiger partial charge in [0.05, 0.1) is 0 Å². The second-order valence-electron chi connectivity index (χ2n) is 5.22. The zero-order valence-electron chi connectivity index (χ0n) is 13.0. The molecule has 1 N–H and O–H groups in total. The first-order valence-electron chi connectivity index (χ1n) is 7.54. The Hall–Kier alpha value is -0.860. The summed E-state index contributed by atoms with van der Waals surface area (Å²) in [6.45, 7) is 11.3. The number of benzene rings is 1. The third kappa shape index (κ3) is 6.22. The smallest absolute Gasteiger partial charge is 0.0466 e. The molecule has 0 radical (unpaired) electrons. The molecule has 0 aliphatic heterocycles. The molecule has 19 heavy (non-hydrogen) atoms. The van der Waals surface area contributed by atoms with Gasteiger partial charge < -0.3 is 10.1 Å². The van der Waals surface area contributed by atoms with Crippen LogP contribution in [0.2, 0.25) is 0 Å². The fourth-order valence-corrected chi connectivity index (χ4v) is 2.36. The highest BCUT2D eigenvalue weighted by atomic mass is 16.5. The van der Waals surface area contributed by atoms with Crippen molar-refractivity contribution in [3.8, 4) is 0 Å². The van der Waals surface area contributed by atoms with E-state index in [-0.39, 0.29) is 0 Å². The van der Waals surface area contributed by atoms with E-state index in [1.165, 1.54) is 23.1 Å². The molecule has 2 heteroatoms. The number of ether oxygens (including phenoxy) is 1. The van der Waals surface area contributed by atoms with E-state index in [0.29, 0.717) is 6.04 Å². The molecule has 0 saturated heterocycles. The molecule has 0 aromatic heterocycles. The van der Waals surface area contributed by atoms with Crippen molar-refractivity contribution < 1.29 is 4.74 Å². The van der Waals surface area contributed by atoms with E-state index in [0.717, 1.165) is 32.6 Å². The summed E-state index contributed by atoms with van der Waals surface area (Å²) in [5, 5.41) is 3.59. The lowest BCUT2D eigenvalue weighted by molar-refractivity contribution is 0.141. The maximum absolute atomic E-state index is 5.42. The zero-order valence-corrected chi connectivity index (χ0v) is 13.0. The maximum Gasteiger partial charge on any atom is 0.0466 e. The van der Waals surface area contributed by atoms with Crippen molar-refractivity contribution in [1.82, 2.24) is 5.32 Å². The molecule has 0 amide bonds. The quantitative estimate of drug-likeness (QED) is 0.687. The number of hydrogen-bond acceptors (Lipinski definition) is 2. The van der Waals surface area contributed by atoms with E-state index in [9.17, 15) is 0 Å². The SMILES string of the molecule is CCNC(CCCOCC)Cc1ccc(C)c(C)c1. The molecule has 1 aromatic rings. The van der Waals surface area contributed by atoms with E-state index in [1.54, 1.807) is 0 Å². The monoisotopic (exact) mass is 263 g/mol. The highest BCUT2D eigenvalue weighted by molar-refractivity contribution is 5.30. The van der Waals surface area contributed by atoms with Gasteiger partial charge in [-0.05, 0) is 63.3 Å². The summed E-state index contributed by atoms with van der Waals surface area (Å²) < 4.78 is 5.42. The van der Waals surface area contributed by atoms with E-state index >= 15 is 0 Å². The van der Waals surface area contributed by atoms with Gasteiger partial charge in [0.25, 0.3) is 0 Å². The molecule has 1 atom stereocenters. The molecule has 0 aliphatic rings. The molecule has 0 aliphatic carbocycles. The maximum atomic E-state index is 5.42. The van der Waals surface area contributed by atoms with Crippen LogP contribution in [0.4, 0.5) is 0 Å². The van der Waals surface area contributed by atoms with E-state index in [2.05, 4.69) is 51.2 Å². The second-order valence-corrected chi connectivity index (χ2v) is 5.22. The molecule has 0 fully saturated rings. The number of rotatable bonds is 9. The van der Waals surface area contributed by atoms with Gasteiger partial charge in [-0.15, -0.1) is 0 Å². The summed E-state index contributed by atoms with van der Waals surface area (Å²) in [5.41, 5.74) is 4.20. The van der Waals surface area contributed by atoms with Crippen LogP contribution in [0.5, 0.6) is 0 Å². The van der Waals surface area contributed by atoms with Crippen molar-refractivity contribution in [2.75, 3.05) is 19.8 Å². The molecule has 108 valence electrons. The van der Waals surface area contributed by atoms with E-state index < -0.39 is 0 Å². The fourth-order valence-electron chi connectivity index (χ4n) is 2.36. The third-order valence-electron chi connectivity index (χ3n) is 3.59. The van der Waals surface area contributed by atoms with Gasteiger partial charge in [-0.1, -0.05) is 25.1 Å². The van der Waals surface area contributed by atoms with Gasteiger partial charge in [0.15, 0.2) is 0 Å². The van der Waals surface area contributed by atoms with Crippen LogP contribution in [-0.4, -0.2) is 25.8 Å². The Morgan fingerprint density at radius 3 is 2.58 bits per heavy atom. The van der Waals surface area contributed by atoms with Gasteiger partial charge >= 0.3 is 0 Å².